The summed E-state index contributed by atoms with van der Waals surface area (Å²) in [6, 6.07) is 11.7. The van der Waals surface area contributed by atoms with Crippen LogP contribution in [0.25, 0.3) is 0 Å². The van der Waals surface area contributed by atoms with Crippen LogP contribution in [0.1, 0.15) is 37.2 Å². The molecule has 0 unspecified atom stereocenters. The average molecular weight is 226 g/mol. The molecule has 0 amide bonds. The minimum atomic E-state index is 0. The Morgan fingerprint density at radius 1 is 1.00 bits per heavy atom. The quantitative estimate of drug-likeness (QED) is 0.814. The van der Waals surface area contributed by atoms with E-state index in [1.165, 1.54) is 31.2 Å². The van der Waals surface area contributed by atoms with Crippen LogP contribution in [-0.4, -0.2) is 13.1 Å². The second-order valence-electron chi connectivity index (χ2n) is 4.25. The Balaban J connectivity index is 0.00000112. The van der Waals surface area contributed by atoms with Crippen LogP contribution in [-0.2, 0) is 0 Å². The zero-order chi connectivity index (χ0) is 9.80. The van der Waals surface area contributed by atoms with Gasteiger partial charge in [-0.15, -0.1) is 12.4 Å². The van der Waals surface area contributed by atoms with E-state index in [-0.39, 0.29) is 12.4 Å². The molecule has 0 aromatic heterocycles. The van der Waals surface area contributed by atoms with Gasteiger partial charge in [0.25, 0.3) is 0 Å². The van der Waals surface area contributed by atoms with Gasteiger partial charge in [-0.05, 0) is 44.2 Å². The largest absolute Gasteiger partial charge is 0.317 e. The summed E-state index contributed by atoms with van der Waals surface area (Å²) in [7, 11) is 2.08. The molecular formula is C13H20ClN. The smallest absolute Gasteiger partial charge is 0.00644 e. The van der Waals surface area contributed by atoms with E-state index < -0.39 is 0 Å². The SMILES string of the molecule is CNC1CCC(c2ccccc2)CC1.Cl. The van der Waals surface area contributed by atoms with E-state index in [2.05, 4.69) is 42.7 Å². The van der Waals surface area contributed by atoms with Crippen molar-refractivity contribution in [3.05, 3.63) is 35.9 Å². The summed E-state index contributed by atoms with van der Waals surface area (Å²) in [5, 5.41) is 3.38. The molecule has 1 saturated carbocycles. The number of nitrogens with one attached hydrogen (secondary N) is 1. The molecular weight excluding hydrogens is 206 g/mol. The molecule has 2 rings (SSSR count). The van der Waals surface area contributed by atoms with Crippen molar-refractivity contribution in [2.45, 2.75) is 37.6 Å². The van der Waals surface area contributed by atoms with Crippen LogP contribution < -0.4 is 5.32 Å². The molecule has 2 heteroatoms. The van der Waals surface area contributed by atoms with Crippen molar-refractivity contribution in [1.82, 2.24) is 5.32 Å². The number of benzene rings is 1. The minimum Gasteiger partial charge on any atom is -0.317 e. The van der Waals surface area contributed by atoms with Crippen molar-refractivity contribution in [3.8, 4) is 0 Å². The van der Waals surface area contributed by atoms with E-state index >= 15 is 0 Å². The molecule has 1 aromatic carbocycles. The fourth-order valence-corrected chi connectivity index (χ4v) is 2.44. The van der Waals surface area contributed by atoms with E-state index in [1.54, 1.807) is 0 Å². The topological polar surface area (TPSA) is 12.0 Å². The van der Waals surface area contributed by atoms with Gasteiger partial charge in [-0.1, -0.05) is 30.3 Å². The molecule has 1 aliphatic carbocycles. The van der Waals surface area contributed by atoms with Crippen LogP contribution in [0.4, 0.5) is 0 Å². The van der Waals surface area contributed by atoms with Gasteiger partial charge in [-0.25, -0.2) is 0 Å². The molecule has 1 aromatic rings. The van der Waals surface area contributed by atoms with Gasteiger partial charge in [-0.2, -0.15) is 0 Å². The highest BCUT2D eigenvalue weighted by Gasteiger charge is 2.20. The number of hydrogen-bond donors (Lipinski definition) is 1. The van der Waals surface area contributed by atoms with E-state index in [4.69, 9.17) is 0 Å². The fourth-order valence-electron chi connectivity index (χ4n) is 2.44. The molecule has 0 bridgehead atoms. The highest BCUT2D eigenvalue weighted by Crippen LogP contribution is 2.32. The Labute approximate surface area is 98.7 Å². The standard InChI is InChI=1S/C13H19N.ClH/c1-14-13-9-7-12(8-10-13)11-5-3-2-4-6-11;/h2-6,12-14H,7-10H2,1H3;1H. The van der Waals surface area contributed by atoms with Crippen LogP contribution in [0.2, 0.25) is 0 Å². The zero-order valence-electron chi connectivity index (χ0n) is 9.28. The van der Waals surface area contributed by atoms with Gasteiger partial charge in [0.2, 0.25) is 0 Å². The average Bonchev–Trinajstić information content (AvgIpc) is 2.30. The van der Waals surface area contributed by atoms with Crippen molar-refractivity contribution < 1.29 is 0 Å². The van der Waals surface area contributed by atoms with Gasteiger partial charge in [-0.3, -0.25) is 0 Å². The molecule has 0 spiro atoms. The number of halogens is 1. The van der Waals surface area contributed by atoms with Crippen molar-refractivity contribution in [1.29, 1.82) is 0 Å². The molecule has 0 saturated heterocycles. The first-order valence-electron chi connectivity index (χ1n) is 5.62. The lowest BCUT2D eigenvalue weighted by molar-refractivity contribution is 0.359. The second kappa shape index (κ2) is 6.14. The normalized spacial score (nSPS) is 25.7. The second-order valence-corrected chi connectivity index (χ2v) is 4.25. The zero-order valence-corrected chi connectivity index (χ0v) is 10.1. The summed E-state index contributed by atoms with van der Waals surface area (Å²) in [6.45, 7) is 0. The third-order valence-electron chi connectivity index (χ3n) is 3.41. The number of hydrogen-bond acceptors (Lipinski definition) is 1. The lowest BCUT2D eigenvalue weighted by atomic mass is 9.82. The van der Waals surface area contributed by atoms with Gasteiger partial charge in [0, 0.05) is 6.04 Å². The molecule has 1 nitrogen and oxygen atoms in total. The van der Waals surface area contributed by atoms with Crippen LogP contribution in [0, 0.1) is 0 Å². The van der Waals surface area contributed by atoms with Crippen LogP contribution in [0.3, 0.4) is 0 Å². The van der Waals surface area contributed by atoms with Gasteiger partial charge < -0.3 is 5.32 Å². The molecule has 1 N–H and O–H groups in total. The molecule has 0 aliphatic heterocycles. The predicted octanol–water partition coefficient (Wildman–Crippen LogP) is 3.35. The highest BCUT2D eigenvalue weighted by molar-refractivity contribution is 5.85. The van der Waals surface area contributed by atoms with E-state index in [0.29, 0.717) is 0 Å². The summed E-state index contributed by atoms with van der Waals surface area (Å²) < 4.78 is 0. The Morgan fingerprint density at radius 2 is 1.60 bits per heavy atom. The molecule has 15 heavy (non-hydrogen) atoms. The Bertz CT molecular complexity index is 265. The first kappa shape index (κ1) is 12.5. The van der Waals surface area contributed by atoms with Crippen molar-refractivity contribution in [2.75, 3.05) is 7.05 Å². The van der Waals surface area contributed by atoms with E-state index in [1.807, 2.05) is 0 Å². The summed E-state index contributed by atoms with van der Waals surface area (Å²) in [5.74, 6) is 0.806. The molecule has 84 valence electrons. The maximum Gasteiger partial charge on any atom is 0.00644 e. The van der Waals surface area contributed by atoms with Crippen molar-refractivity contribution in [3.63, 3.8) is 0 Å². The van der Waals surface area contributed by atoms with Gasteiger partial charge in [0.15, 0.2) is 0 Å². The third kappa shape index (κ3) is 3.22. The summed E-state index contributed by atoms with van der Waals surface area (Å²) in [5.41, 5.74) is 1.53. The van der Waals surface area contributed by atoms with Crippen molar-refractivity contribution in [2.24, 2.45) is 0 Å². The lowest BCUT2D eigenvalue weighted by Gasteiger charge is -2.28. The van der Waals surface area contributed by atoms with E-state index in [0.717, 1.165) is 12.0 Å². The Hall–Kier alpha value is -0.530. The fraction of sp³-hybridized carbons (Fsp3) is 0.538. The van der Waals surface area contributed by atoms with Gasteiger partial charge in [0.05, 0.1) is 0 Å². The monoisotopic (exact) mass is 225 g/mol. The highest BCUT2D eigenvalue weighted by atomic mass is 35.5. The Kier molecular flexibility index (Phi) is 5.13. The summed E-state index contributed by atoms with van der Waals surface area (Å²) >= 11 is 0. The maximum absolute atomic E-state index is 3.38. The molecule has 1 fully saturated rings. The minimum absolute atomic E-state index is 0. The molecule has 0 heterocycles. The van der Waals surface area contributed by atoms with Crippen molar-refractivity contribution >= 4 is 12.4 Å². The molecule has 0 radical (unpaired) electrons. The van der Waals surface area contributed by atoms with E-state index in [9.17, 15) is 0 Å². The predicted molar refractivity (Wildman–Crippen MR) is 67.7 cm³/mol. The van der Waals surface area contributed by atoms with Gasteiger partial charge in [0.1, 0.15) is 0 Å². The Morgan fingerprint density at radius 3 is 2.13 bits per heavy atom. The van der Waals surface area contributed by atoms with Gasteiger partial charge >= 0.3 is 0 Å². The number of rotatable bonds is 2. The first-order chi connectivity index (χ1) is 6.90. The van der Waals surface area contributed by atoms with Crippen LogP contribution in [0.15, 0.2) is 30.3 Å². The summed E-state index contributed by atoms with van der Waals surface area (Å²) in [4.78, 5) is 0. The first-order valence-corrected chi connectivity index (χ1v) is 5.62. The van der Waals surface area contributed by atoms with Crippen LogP contribution in [0.5, 0.6) is 0 Å². The summed E-state index contributed by atoms with van der Waals surface area (Å²) in [6.07, 6.45) is 5.34. The third-order valence-corrected chi connectivity index (χ3v) is 3.41. The molecule has 1 aliphatic rings. The van der Waals surface area contributed by atoms with Crippen LogP contribution >= 0.6 is 12.4 Å². The molecule has 0 atom stereocenters. The maximum atomic E-state index is 3.38. The lowest BCUT2D eigenvalue weighted by Crippen LogP contribution is -2.29.